The van der Waals surface area contributed by atoms with Crippen molar-refractivity contribution in [1.29, 1.82) is 0 Å². The van der Waals surface area contributed by atoms with Crippen LogP contribution in [-0.2, 0) is 19.1 Å². The smallest absolute Gasteiger partial charge is 0.336 e. The first-order valence-electron chi connectivity index (χ1n) is 7.27. The van der Waals surface area contributed by atoms with Crippen LogP contribution in [0.5, 0.6) is 0 Å². The summed E-state index contributed by atoms with van der Waals surface area (Å²) in [7, 11) is 1.37. The van der Waals surface area contributed by atoms with Crippen LogP contribution >= 0.6 is 0 Å². The highest BCUT2D eigenvalue weighted by Crippen LogP contribution is 2.34. The van der Waals surface area contributed by atoms with Gasteiger partial charge >= 0.3 is 17.7 Å². The molecule has 1 aromatic carbocycles. The van der Waals surface area contributed by atoms with Crippen molar-refractivity contribution in [2.75, 3.05) is 25.5 Å². The number of carbonyl (C=O) groups is 2. The summed E-state index contributed by atoms with van der Waals surface area (Å²) in [5, 5.41) is 2.74. The minimum absolute atomic E-state index is 0.478. The lowest BCUT2D eigenvalue weighted by Gasteiger charge is -2.32. The van der Waals surface area contributed by atoms with Crippen LogP contribution in [0.15, 0.2) is 42.1 Å². The van der Waals surface area contributed by atoms with Gasteiger partial charge in [0, 0.05) is 32.0 Å². The molecule has 0 radical (unpaired) electrons. The average Bonchev–Trinajstić information content (AvgIpc) is 3.15. The van der Waals surface area contributed by atoms with Gasteiger partial charge < -0.3 is 19.7 Å². The third-order valence-electron chi connectivity index (χ3n) is 3.90. The Balaban J connectivity index is 1.88. The molecule has 1 amide bonds. The second kappa shape index (κ2) is 5.81. The molecule has 1 saturated heterocycles. The summed E-state index contributed by atoms with van der Waals surface area (Å²) in [5.74, 6) is -2.78. The lowest BCUT2D eigenvalue weighted by atomic mass is 10.1. The molecule has 0 bridgehead atoms. The number of para-hydroxylation sites is 1. The lowest BCUT2D eigenvalue weighted by molar-refractivity contribution is -0.198. The Morgan fingerprint density at radius 1 is 1.27 bits per heavy atom. The third-order valence-corrected chi connectivity index (χ3v) is 3.90. The molecular formula is C16H18N2O4. The molecule has 2 heterocycles. The van der Waals surface area contributed by atoms with Gasteiger partial charge in [-0.1, -0.05) is 18.2 Å². The van der Waals surface area contributed by atoms with E-state index in [1.165, 1.54) is 13.2 Å². The highest BCUT2D eigenvalue weighted by molar-refractivity contribution is 6.03. The highest BCUT2D eigenvalue weighted by atomic mass is 16.7. The fraction of sp³-hybridized carbons (Fsp3) is 0.375. The summed E-state index contributed by atoms with van der Waals surface area (Å²) in [5.41, 5.74) is 1.10. The first kappa shape index (κ1) is 14.6. The SMILES string of the molecule is COC1(C(=O)Nc2ccccc2)OC(=O)C=C1N1CCCC1. The molecule has 2 aliphatic heterocycles. The number of amides is 1. The van der Waals surface area contributed by atoms with Gasteiger partial charge in [0.15, 0.2) is 0 Å². The molecule has 0 saturated carbocycles. The number of esters is 1. The van der Waals surface area contributed by atoms with E-state index in [0.29, 0.717) is 11.4 Å². The lowest BCUT2D eigenvalue weighted by Crippen LogP contribution is -2.50. The van der Waals surface area contributed by atoms with Gasteiger partial charge in [0.1, 0.15) is 5.70 Å². The van der Waals surface area contributed by atoms with E-state index in [1.54, 1.807) is 12.1 Å². The molecule has 0 aromatic heterocycles. The Morgan fingerprint density at radius 2 is 1.95 bits per heavy atom. The number of hydrogen-bond acceptors (Lipinski definition) is 5. The summed E-state index contributed by atoms with van der Waals surface area (Å²) in [6, 6.07) is 9.00. The normalized spacial score (nSPS) is 24.1. The molecular weight excluding hydrogens is 284 g/mol. The molecule has 1 aromatic rings. The van der Waals surface area contributed by atoms with Crippen molar-refractivity contribution < 1.29 is 19.1 Å². The van der Waals surface area contributed by atoms with Crippen LogP contribution in [-0.4, -0.2) is 42.8 Å². The second-order valence-electron chi connectivity index (χ2n) is 5.29. The maximum Gasteiger partial charge on any atom is 0.336 e. The fourth-order valence-electron chi connectivity index (χ4n) is 2.82. The van der Waals surface area contributed by atoms with Crippen LogP contribution in [0.25, 0.3) is 0 Å². The Labute approximate surface area is 128 Å². The maximum atomic E-state index is 12.7. The number of ether oxygens (including phenoxy) is 2. The number of nitrogens with one attached hydrogen (secondary N) is 1. The van der Waals surface area contributed by atoms with Gasteiger partial charge in [-0.05, 0) is 25.0 Å². The molecule has 1 atom stereocenters. The first-order chi connectivity index (χ1) is 10.7. The van der Waals surface area contributed by atoms with E-state index < -0.39 is 17.7 Å². The number of nitrogens with zero attached hydrogens (tertiary/aromatic N) is 1. The van der Waals surface area contributed by atoms with Crippen molar-refractivity contribution in [1.82, 2.24) is 4.90 Å². The molecule has 2 aliphatic rings. The number of hydrogen-bond donors (Lipinski definition) is 1. The summed E-state index contributed by atoms with van der Waals surface area (Å²) < 4.78 is 10.6. The van der Waals surface area contributed by atoms with Gasteiger partial charge in [0.2, 0.25) is 0 Å². The average molecular weight is 302 g/mol. The van der Waals surface area contributed by atoms with Gasteiger partial charge in [-0.3, -0.25) is 4.79 Å². The topological polar surface area (TPSA) is 67.9 Å². The van der Waals surface area contributed by atoms with Gasteiger partial charge in [-0.25, -0.2) is 4.79 Å². The number of carbonyl (C=O) groups excluding carboxylic acids is 2. The molecule has 1 unspecified atom stereocenters. The molecule has 0 aliphatic carbocycles. The van der Waals surface area contributed by atoms with Crippen LogP contribution in [0.4, 0.5) is 5.69 Å². The predicted octanol–water partition coefficient (Wildman–Crippen LogP) is 1.50. The zero-order chi connectivity index (χ0) is 15.6. The monoisotopic (exact) mass is 302 g/mol. The van der Waals surface area contributed by atoms with E-state index in [1.807, 2.05) is 23.1 Å². The van der Waals surface area contributed by atoms with Crippen LogP contribution < -0.4 is 5.32 Å². The highest BCUT2D eigenvalue weighted by Gasteiger charge is 2.53. The third kappa shape index (κ3) is 2.46. The Hall–Kier alpha value is -2.34. The molecule has 3 rings (SSSR count). The maximum absolute atomic E-state index is 12.7. The van der Waals surface area contributed by atoms with Crippen molar-refractivity contribution in [2.45, 2.75) is 18.6 Å². The second-order valence-corrected chi connectivity index (χ2v) is 5.29. The Morgan fingerprint density at radius 3 is 2.59 bits per heavy atom. The van der Waals surface area contributed by atoms with Gasteiger partial charge in [0.25, 0.3) is 0 Å². The van der Waals surface area contributed by atoms with Crippen LogP contribution in [0, 0.1) is 0 Å². The van der Waals surface area contributed by atoms with E-state index in [0.717, 1.165) is 25.9 Å². The molecule has 22 heavy (non-hydrogen) atoms. The summed E-state index contributed by atoms with van der Waals surface area (Å²) in [6.07, 6.45) is 3.39. The van der Waals surface area contributed by atoms with E-state index >= 15 is 0 Å². The zero-order valence-electron chi connectivity index (χ0n) is 12.4. The molecule has 1 fully saturated rings. The quantitative estimate of drug-likeness (QED) is 0.854. The molecule has 0 spiro atoms. The van der Waals surface area contributed by atoms with Crippen molar-refractivity contribution in [3.63, 3.8) is 0 Å². The summed E-state index contributed by atoms with van der Waals surface area (Å²) in [4.78, 5) is 26.4. The Kier molecular flexibility index (Phi) is 3.85. The van der Waals surface area contributed by atoms with Crippen molar-refractivity contribution in [3.05, 3.63) is 42.1 Å². The number of cyclic esters (lactones) is 1. The van der Waals surface area contributed by atoms with E-state index in [4.69, 9.17) is 9.47 Å². The van der Waals surface area contributed by atoms with Gasteiger partial charge in [0.05, 0.1) is 0 Å². The predicted molar refractivity (Wildman–Crippen MR) is 79.8 cm³/mol. The zero-order valence-corrected chi connectivity index (χ0v) is 12.4. The number of rotatable bonds is 4. The van der Waals surface area contributed by atoms with Crippen LogP contribution in [0.2, 0.25) is 0 Å². The largest absolute Gasteiger partial charge is 0.414 e. The number of likely N-dealkylation sites (tertiary alicyclic amines) is 1. The van der Waals surface area contributed by atoms with Gasteiger partial charge in [-0.15, -0.1) is 0 Å². The fourth-order valence-corrected chi connectivity index (χ4v) is 2.82. The molecule has 1 N–H and O–H groups in total. The minimum Gasteiger partial charge on any atom is -0.414 e. The van der Waals surface area contributed by atoms with E-state index in [-0.39, 0.29) is 0 Å². The summed E-state index contributed by atoms with van der Waals surface area (Å²) >= 11 is 0. The summed E-state index contributed by atoms with van der Waals surface area (Å²) in [6.45, 7) is 1.57. The van der Waals surface area contributed by atoms with Crippen LogP contribution in [0.1, 0.15) is 12.8 Å². The standard InChI is InChI=1S/C16H18N2O4/c1-21-16(15(20)17-12-7-3-2-4-8-12)13(11-14(19)22-16)18-9-5-6-10-18/h2-4,7-8,11H,5-6,9-10H2,1H3,(H,17,20). The molecule has 6 nitrogen and oxygen atoms in total. The molecule has 6 heteroatoms. The Bertz CT molecular complexity index is 608. The van der Waals surface area contributed by atoms with Crippen molar-refractivity contribution in [3.8, 4) is 0 Å². The van der Waals surface area contributed by atoms with Crippen molar-refractivity contribution >= 4 is 17.6 Å². The minimum atomic E-state index is -1.71. The number of anilines is 1. The first-order valence-corrected chi connectivity index (χ1v) is 7.27. The van der Waals surface area contributed by atoms with Gasteiger partial charge in [-0.2, -0.15) is 0 Å². The molecule has 116 valence electrons. The number of methoxy groups -OCH3 is 1. The number of benzene rings is 1. The van der Waals surface area contributed by atoms with Crippen molar-refractivity contribution in [2.24, 2.45) is 0 Å². The van der Waals surface area contributed by atoms with Crippen LogP contribution in [0.3, 0.4) is 0 Å². The van der Waals surface area contributed by atoms with E-state index in [9.17, 15) is 9.59 Å². The van der Waals surface area contributed by atoms with E-state index in [2.05, 4.69) is 5.32 Å².